The van der Waals surface area contributed by atoms with Gasteiger partial charge in [0.2, 0.25) is 0 Å². The molecular weight excluding hydrogens is 410 g/mol. The van der Waals surface area contributed by atoms with Gasteiger partial charge in [0, 0.05) is 26.6 Å². The second kappa shape index (κ2) is 9.08. The average molecular weight is 435 g/mol. The molecule has 3 aromatic rings. The highest BCUT2D eigenvalue weighted by atomic mass is 16.2. The van der Waals surface area contributed by atoms with Gasteiger partial charge in [0.15, 0.2) is 11.5 Å². The number of carbonyl (C=O) groups is 2. The Kier molecular flexibility index (Phi) is 6.06. The first kappa shape index (κ1) is 21.3. The number of carbonyl (C=O) groups excluding carboxylic acids is 2. The third kappa shape index (κ3) is 4.56. The van der Waals surface area contributed by atoms with Gasteiger partial charge in [0.05, 0.1) is 41.9 Å². The Labute approximate surface area is 185 Å². The van der Waals surface area contributed by atoms with E-state index in [1.165, 1.54) is 17.2 Å². The number of anilines is 3. The van der Waals surface area contributed by atoms with Crippen LogP contribution in [0.2, 0.25) is 0 Å². The maximum absolute atomic E-state index is 13.3. The summed E-state index contributed by atoms with van der Waals surface area (Å²) in [4.78, 5) is 44.7. The van der Waals surface area contributed by atoms with E-state index in [9.17, 15) is 9.59 Å². The lowest BCUT2D eigenvalue weighted by Gasteiger charge is -2.17. The van der Waals surface area contributed by atoms with E-state index in [1.54, 1.807) is 37.6 Å². The lowest BCUT2D eigenvalue weighted by atomic mass is 10.2. The summed E-state index contributed by atoms with van der Waals surface area (Å²) in [5.41, 5.74) is 2.09. The Hall–Kier alpha value is -3.89. The summed E-state index contributed by atoms with van der Waals surface area (Å²) in [5.74, 6) is -0.109. The molecule has 1 aliphatic carbocycles. The molecule has 1 saturated carbocycles. The van der Waals surface area contributed by atoms with Gasteiger partial charge in [-0.25, -0.2) is 19.9 Å². The third-order valence-electron chi connectivity index (χ3n) is 5.12. The molecule has 11 heteroatoms. The molecule has 0 bridgehead atoms. The molecule has 166 valence electrons. The summed E-state index contributed by atoms with van der Waals surface area (Å²) in [6.07, 6.45) is 10.6. The van der Waals surface area contributed by atoms with E-state index in [-0.39, 0.29) is 17.4 Å². The minimum absolute atomic E-state index is 0.127. The van der Waals surface area contributed by atoms with E-state index in [2.05, 4.69) is 35.7 Å². The topological polar surface area (TPSA) is 131 Å². The molecular formula is C21H25N9O2. The molecule has 1 aliphatic rings. The molecule has 11 nitrogen and oxygen atoms in total. The predicted molar refractivity (Wildman–Crippen MR) is 118 cm³/mol. The fraction of sp³-hybridized carbons (Fsp3) is 0.381. The summed E-state index contributed by atoms with van der Waals surface area (Å²) in [5, 5.41) is 10.0. The summed E-state index contributed by atoms with van der Waals surface area (Å²) >= 11 is 0. The van der Waals surface area contributed by atoms with Crippen LogP contribution in [-0.2, 0) is 7.05 Å². The maximum Gasteiger partial charge on any atom is 0.278 e. The molecule has 3 heterocycles. The van der Waals surface area contributed by atoms with Crippen LogP contribution in [0.1, 0.15) is 58.8 Å². The predicted octanol–water partition coefficient (Wildman–Crippen LogP) is 2.36. The van der Waals surface area contributed by atoms with E-state index in [4.69, 9.17) is 0 Å². The van der Waals surface area contributed by atoms with Crippen molar-refractivity contribution in [3.8, 4) is 0 Å². The Bertz CT molecular complexity index is 1130. The number of amides is 2. The molecule has 1 fully saturated rings. The molecule has 0 unspecified atom stereocenters. The lowest BCUT2D eigenvalue weighted by Crippen LogP contribution is -2.30. The molecule has 32 heavy (non-hydrogen) atoms. The number of nitrogens with one attached hydrogen (secondary N) is 2. The van der Waals surface area contributed by atoms with Gasteiger partial charge >= 0.3 is 0 Å². The van der Waals surface area contributed by atoms with Crippen molar-refractivity contribution in [3.05, 3.63) is 48.2 Å². The van der Waals surface area contributed by atoms with Gasteiger partial charge in [-0.05, 0) is 19.3 Å². The molecule has 0 radical (unpaired) electrons. The number of hydrogen-bond donors (Lipinski definition) is 2. The van der Waals surface area contributed by atoms with Gasteiger partial charge in [-0.15, -0.1) is 0 Å². The summed E-state index contributed by atoms with van der Waals surface area (Å²) < 4.78 is 1.46. The van der Waals surface area contributed by atoms with Crippen molar-refractivity contribution in [1.82, 2.24) is 34.6 Å². The van der Waals surface area contributed by atoms with Gasteiger partial charge < -0.3 is 15.5 Å². The summed E-state index contributed by atoms with van der Waals surface area (Å²) in [6.45, 7) is 2.59. The summed E-state index contributed by atoms with van der Waals surface area (Å²) in [7, 11) is 3.39. The number of nitrogens with zero attached hydrogens (tertiary/aromatic N) is 7. The zero-order chi connectivity index (χ0) is 22.7. The second-order valence-corrected chi connectivity index (χ2v) is 7.73. The first-order chi connectivity index (χ1) is 15.5. The van der Waals surface area contributed by atoms with E-state index in [1.807, 2.05) is 6.92 Å². The molecule has 0 saturated heterocycles. The Morgan fingerprint density at radius 1 is 1.19 bits per heavy atom. The molecule has 0 atom stereocenters. The van der Waals surface area contributed by atoms with Crippen LogP contribution in [0.3, 0.4) is 0 Å². The molecule has 3 aromatic heterocycles. The quantitative estimate of drug-likeness (QED) is 0.551. The van der Waals surface area contributed by atoms with Crippen LogP contribution in [0.15, 0.2) is 31.1 Å². The van der Waals surface area contributed by atoms with E-state index < -0.39 is 5.91 Å². The number of aryl methyl sites for hydroxylation is 1. The van der Waals surface area contributed by atoms with Crippen molar-refractivity contribution in [3.63, 3.8) is 0 Å². The lowest BCUT2D eigenvalue weighted by molar-refractivity contribution is 0.0785. The minimum Gasteiger partial charge on any atom is -0.340 e. The number of hydrogen-bond acceptors (Lipinski definition) is 8. The molecule has 2 N–H and O–H groups in total. The van der Waals surface area contributed by atoms with E-state index in [0.29, 0.717) is 29.5 Å². The van der Waals surface area contributed by atoms with Crippen LogP contribution in [0, 0.1) is 0 Å². The molecule has 0 spiro atoms. The van der Waals surface area contributed by atoms with Crippen molar-refractivity contribution in [2.24, 2.45) is 7.05 Å². The highest BCUT2D eigenvalue weighted by Crippen LogP contribution is 2.39. The average Bonchev–Trinajstić information content (AvgIpc) is 3.58. The first-order valence-corrected chi connectivity index (χ1v) is 10.5. The van der Waals surface area contributed by atoms with Crippen molar-refractivity contribution in [2.45, 2.75) is 32.1 Å². The molecule has 0 aromatic carbocycles. The molecule has 0 aliphatic heterocycles. The first-order valence-electron chi connectivity index (χ1n) is 10.5. The monoisotopic (exact) mass is 435 g/mol. The van der Waals surface area contributed by atoms with Gasteiger partial charge in [-0.1, -0.05) is 6.92 Å². The van der Waals surface area contributed by atoms with Crippen LogP contribution >= 0.6 is 0 Å². The van der Waals surface area contributed by atoms with Gasteiger partial charge in [0.1, 0.15) is 12.0 Å². The fourth-order valence-electron chi connectivity index (χ4n) is 3.31. The smallest absolute Gasteiger partial charge is 0.278 e. The number of rotatable bonds is 8. The maximum atomic E-state index is 13.3. The van der Waals surface area contributed by atoms with Crippen LogP contribution < -0.4 is 10.6 Å². The Balaban J connectivity index is 1.63. The van der Waals surface area contributed by atoms with Crippen molar-refractivity contribution in [2.75, 3.05) is 24.2 Å². The van der Waals surface area contributed by atoms with Crippen molar-refractivity contribution < 1.29 is 9.59 Å². The van der Waals surface area contributed by atoms with Crippen molar-refractivity contribution in [1.29, 1.82) is 0 Å². The minimum atomic E-state index is -0.487. The SMILES string of the molecule is CCCN(C)C(=O)c1c(NC(=O)c2nc(C3CC3)cnc2Nc2cncnc2)cnn1C. The van der Waals surface area contributed by atoms with Gasteiger partial charge in [-0.3, -0.25) is 14.3 Å². The van der Waals surface area contributed by atoms with Crippen LogP contribution in [-0.4, -0.2) is 60.0 Å². The zero-order valence-electron chi connectivity index (χ0n) is 18.2. The molecule has 4 rings (SSSR count). The molecule has 2 amide bonds. The van der Waals surface area contributed by atoms with E-state index >= 15 is 0 Å². The number of aromatic nitrogens is 6. The van der Waals surface area contributed by atoms with E-state index in [0.717, 1.165) is 25.0 Å². The van der Waals surface area contributed by atoms with Gasteiger partial charge in [0.25, 0.3) is 11.8 Å². The van der Waals surface area contributed by atoms with Crippen LogP contribution in [0.4, 0.5) is 17.2 Å². The fourth-order valence-corrected chi connectivity index (χ4v) is 3.31. The van der Waals surface area contributed by atoms with Crippen LogP contribution in [0.5, 0.6) is 0 Å². The van der Waals surface area contributed by atoms with Crippen LogP contribution in [0.25, 0.3) is 0 Å². The van der Waals surface area contributed by atoms with Gasteiger partial charge in [-0.2, -0.15) is 5.10 Å². The second-order valence-electron chi connectivity index (χ2n) is 7.73. The zero-order valence-corrected chi connectivity index (χ0v) is 18.2. The largest absolute Gasteiger partial charge is 0.340 e. The third-order valence-corrected chi connectivity index (χ3v) is 5.12. The van der Waals surface area contributed by atoms with Crippen molar-refractivity contribution >= 4 is 29.0 Å². The normalized spacial score (nSPS) is 13.0. The highest BCUT2D eigenvalue weighted by molar-refractivity contribution is 6.09. The highest BCUT2D eigenvalue weighted by Gasteiger charge is 2.29. The standard InChI is InChI=1S/C21H25N9O2/c1-4-7-29(2)21(32)18-16(11-25-30(18)3)28-20(31)17-19(26-14-8-22-12-23-9-14)24-10-15(27-17)13-5-6-13/h8-13H,4-7H2,1-3H3,(H,24,26)(H,28,31). The summed E-state index contributed by atoms with van der Waals surface area (Å²) in [6, 6.07) is 0. The Morgan fingerprint density at radius 3 is 2.62 bits per heavy atom. The Morgan fingerprint density at radius 2 is 1.94 bits per heavy atom.